The molecule has 0 aliphatic carbocycles. The van der Waals surface area contributed by atoms with Gasteiger partial charge in [0.1, 0.15) is 0 Å². The van der Waals surface area contributed by atoms with E-state index in [4.69, 9.17) is 0 Å². The first-order valence-corrected chi connectivity index (χ1v) is 9.05. The van der Waals surface area contributed by atoms with E-state index in [1.165, 1.54) is 0 Å². The number of likely N-dealkylation sites (tertiary alicyclic amines) is 1. The second kappa shape index (κ2) is 7.50. The fourth-order valence-electron chi connectivity index (χ4n) is 3.45. The lowest BCUT2D eigenvalue weighted by Gasteiger charge is -2.17. The molecule has 2 N–H and O–H groups in total. The van der Waals surface area contributed by atoms with Crippen LogP contribution in [0.1, 0.15) is 12.0 Å². The summed E-state index contributed by atoms with van der Waals surface area (Å²) in [5.41, 5.74) is 1.82. The number of fused-ring (bicyclic) bond motifs is 1. The summed E-state index contributed by atoms with van der Waals surface area (Å²) in [5, 5.41) is 7.97. The average molecular weight is 359 g/mol. The van der Waals surface area contributed by atoms with Crippen molar-refractivity contribution in [1.82, 2.24) is 10.2 Å². The van der Waals surface area contributed by atoms with Crippen LogP contribution in [0.15, 0.2) is 72.8 Å². The van der Waals surface area contributed by atoms with Crippen LogP contribution < -0.4 is 10.6 Å². The lowest BCUT2D eigenvalue weighted by molar-refractivity contribution is -0.128. The average Bonchev–Trinajstić information content (AvgIpc) is 3.01. The number of nitrogens with one attached hydrogen (secondary N) is 2. The highest BCUT2D eigenvalue weighted by atomic mass is 16.2. The molecule has 1 atom stereocenters. The van der Waals surface area contributed by atoms with Crippen molar-refractivity contribution in [3.05, 3.63) is 78.4 Å². The first kappa shape index (κ1) is 17.1. The highest BCUT2D eigenvalue weighted by molar-refractivity contribution is 5.94. The molecule has 5 nitrogen and oxygen atoms in total. The number of benzene rings is 3. The maximum Gasteiger partial charge on any atom is 0.319 e. The van der Waals surface area contributed by atoms with Crippen molar-refractivity contribution in [3.63, 3.8) is 0 Å². The molecule has 3 aromatic rings. The zero-order valence-corrected chi connectivity index (χ0v) is 14.9. The molecule has 0 aromatic heterocycles. The predicted molar refractivity (Wildman–Crippen MR) is 106 cm³/mol. The Morgan fingerprint density at radius 2 is 1.70 bits per heavy atom. The van der Waals surface area contributed by atoms with Gasteiger partial charge in [-0.2, -0.15) is 0 Å². The molecule has 27 heavy (non-hydrogen) atoms. The van der Waals surface area contributed by atoms with E-state index in [-0.39, 0.29) is 18.0 Å². The summed E-state index contributed by atoms with van der Waals surface area (Å²) in [7, 11) is 0. The van der Waals surface area contributed by atoms with E-state index < -0.39 is 0 Å². The third kappa shape index (κ3) is 4.08. The van der Waals surface area contributed by atoms with Crippen molar-refractivity contribution < 1.29 is 9.59 Å². The number of carbonyl (C=O) groups excluding carboxylic acids is 2. The van der Waals surface area contributed by atoms with E-state index in [0.29, 0.717) is 19.5 Å². The van der Waals surface area contributed by atoms with Crippen LogP contribution in [0.3, 0.4) is 0 Å². The molecule has 4 rings (SSSR count). The number of anilines is 1. The first-order chi connectivity index (χ1) is 13.2. The summed E-state index contributed by atoms with van der Waals surface area (Å²) >= 11 is 0. The Bertz CT molecular complexity index is 971. The summed E-state index contributed by atoms with van der Waals surface area (Å²) in [6, 6.07) is 23.2. The van der Waals surface area contributed by atoms with Crippen molar-refractivity contribution in [2.45, 2.75) is 19.0 Å². The molecule has 1 unspecified atom stereocenters. The minimum atomic E-state index is -0.287. The molecule has 0 bridgehead atoms. The van der Waals surface area contributed by atoms with Crippen molar-refractivity contribution in [2.75, 3.05) is 11.9 Å². The third-order valence-electron chi connectivity index (χ3n) is 4.77. The van der Waals surface area contributed by atoms with Gasteiger partial charge >= 0.3 is 6.03 Å². The van der Waals surface area contributed by atoms with Gasteiger partial charge in [-0.15, -0.1) is 0 Å². The van der Waals surface area contributed by atoms with Gasteiger partial charge in [0.15, 0.2) is 0 Å². The van der Waals surface area contributed by atoms with Crippen molar-refractivity contribution in [1.29, 1.82) is 0 Å². The third-order valence-corrected chi connectivity index (χ3v) is 4.77. The van der Waals surface area contributed by atoms with Gasteiger partial charge in [-0.05, 0) is 28.5 Å². The van der Waals surface area contributed by atoms with Crippen LogP contribution >= 0.6 is 0 Å². The Hall–Kier alpha value is -3.34. The second-order valence-electron chi connectivity index (χ2n) is 6.82. The second-order valence-corrected chi connectivity index (χ2v) is 6.82. The maximum atomic E-state index is 12.3. The molecule has 1 aliphatic rings. The number of urea groups is 1. The Labute approximate surface area is 158 Å². The van der Waals surface area contributed by atoms with Crippen LogP contribution in [0.2, 0.25) is 0 Å². The Kier molecular flexibility index (Phi) is 4.75. The SMILES string of the molecule is O=C(Nc1ccc2ccccc2c1)NC1CC(=O)N(Cc2ccccc2)C1. The summed E-state index contributed by atoms with van der Waals surface area (Å²) in [6.45, 7) is 1.10. The number of hydrogen-bond donors (Lipinski definition) is 2. The quantitative estimate of drug-likeness (QED) is 0.745. The van der Waals surface area contributed by atoms with Gasteiger partial charge in [0, 0.05) is 25.2 Å². The van der Waals surface area contributed by atoms with Crippen LogP contribution in [-0.2, 0) is 11.3 Å². The lowest BCUT2D eigenvalue weighted by atomic mass is 10.1. The molecule has 5 heteroatoms. The molecule has 0 radical (unpaired) electrons. The van der Waals surface area contributed by atoms with Crippen LogP contribution in [0.5, 0.6) is 0 Å². The van der Waals surface area contributed by atoms with Crippen LogP contribution in [0.25, 0.3) is 10.8 Å². The molecular formula is C22H21N3O2. The van der Waals surface area contributed by atoms with Gasteiger partial charge in [-0.1, -0.05) is 60.7 Å². The van der Waals surface area contributed by atoms with Crippen molar-refractivity contribution >= 4 is 28.4 Å². The van der Waals surface area contributed by atoms with Crippen LogP contribution in [0, 0.1) is 0 Å². The summed E-state index contributed by atoms with van der Waals surface area (Å²) in [4.78, 5) is 26.3. The number of nitrogens with zero attached hydrogens (tertiary/aromatic N) is 1. The molecule has 3 amide bonds. The highest BCUT2D eigenvalue weighted by Gasteiger charge is 2.30. The highest BCUT2D eigenvalue weighted by Crippen LogP contribution is 2.19. The molecule has 1 fully saturated rings. The lowest BCUT2D eigenvalue weighted by Crippen LogP contribution is -2.39. The normalized spacial score (nSPS) is 16.5. The standard InChI is InChI=1S/C22H21N3O2/c26-21-13-20(15-25(21)14-16-6-2-1-3-7-16)24-22(27)23-19-11-10-17-8-4-5-9-18(17)12-19/h1-12,20H,13-15H2,(H2,23,24,27). The summed E-state index contributed by atoms with van der Waals surface area (Å²) < 4.78 is 0. The van der Waals surface area contributed by atoms with E-state index >= 15 is 0 Å². The molecular weight excluding hydrogens is 338 g/mol. The maximum absolute atomic E-state index is 12.3. The molecule has 1 aliphatic heterocycles. The smallest absolute Gasteiger partial charge is 0.319 e. The van der Waals surface area contributed by atoms with E-state index in [9.17, 15) is 9.59 Å². The number of amides is 3. The van der Waals surface area contributed by atoms with Crippen molar-refractivity contribution in [2.24, 2.45) is 0 Å². The van der Waals surface area contributed by atoms with Gasteiger partial charge in [0.2, 0.25) is 5.91 Å². The van der Waals surface area contributed by atoms with Gasteiger partial charge in [0.25, 0.3) is 0 Å². The van der Waals surface area contributed by atoms with Crippen molar-refractivity contribution in [3.8, 4) is 0 Å². The van der Waals surface area contributed by atoms with E-state index in [1.807, 2.05) is 72.8 Å². The Balaban J connectivity index is 1.34. The fraction of sp³-hybridized carbons (Fsp3) is 0.182. The minimum absolute atomic E-state index is 0.0647. The Morgan fingerprint density at radius 1 is 0.963 bits per heavy atom. The molecule has 0 saturated carbocycles. The van der Waals surface area contributed by atoms with Gasteiger partial charge < -0.3 is 15.5 Å². The molecule has 1 heterocycles. The minimum Gasteiger partial charge on any atom is -0.336 e. The number of hydrogen-bond acceptors (Lipinski definition) is 2. The van der Waals surface area contributed by atoms with Gasteiger partial charge in [-0.3, -0.25) is 4.79 Å². The van der Waals surface area contributed by atoms with Gasteiger partial charge in [0.05, 0.1) is 6.04 Å². The monoisotopic (exact) mass is 359 g/mol. The van der Waals surface area contributed by atoms with Gasteiger partial charge in [-0.25, -0.2) is 4.79 Å². The number of rotatable bonds is 4. The Morgan fingerprint density at radius 3 is 2.52 bits per heavy atom. The van der Waals surface area contributed by atoms with E-state index in [0.717, 1.165) is 22.0 Å². The largest absolute Gasteiger partial charge is 0.336 e. The zero-order chi connectivity index (χ0) is 18.6. The predicted octanol–water partition coefficient (Wildman–Crippen LogP) is 3.76. The fourth-order valence-corrected chi connectivity index (χ4v) is 3.45. The molecule has 3 aromatic carbocycles. The first-order valence-electron chi connectivity index (χ1n) is 9.05. The summed E-state index contributed by atoms with van der Waals surface area (Å²) in [5.74, 6) is 0.0647. The van der Waals surface area contributed by atoms with E-state index in [1.54, 1.807) is 4.90 Å². The molecule has 1 saturated heterocycles. The van der Waals surface area contributed by atoms with E-state index in [2.05, 4.69) is 10.6 Å². The zero-order valence-electron chi connectivity index (χ0n) is 14.9. The topological polar surface area (TPSA) is 61.4 Å². The molecule has 136 valence electrons. The summed E-state index contributed by atoms with van der Waals surface area (Å²) in [6.07, 6.45) is 0.331. The number of carbonyl (C=O) groups is 2. The molecule has 0 spiro atoms. The van der Waals surface area contributed by atoms with Crippen LogP contribution in [-0.4, -0.2) is 29.4 Å². The van der Waals surface area contributed by atoms with Crippen LogP contribution in [0.4, 0.5) is 10.5 Å².